The Morgan fingerprint density at radius 3 is 2.58 bits per heavy atom. The van der Waals surface area contributed by atoms with E-state index in [1.807, 2.05) is 0 Å². The quantitative estimate of drug-likeness (QED) is 0.674. The first-order chi connectivity index (χ1) is 8.82. The fourth-order valence-corrected chi connectivity index (χ4v) is 3.74. The van der Waals surface area contributed by atoms with Crippen molar-refractivity contribution in [2.75, 3.05) is 25.1 Å². The van der Waals surface area contributed by atoms with Gasteiger partial charge >= 0.3 is 12.0 Å². The van der Waals surface area contributed by atoms with Gasteiger partial charge < -0.3 is 15.3 Å². The van der Waals surface area contributed by atoms with Crippen molar-refractivity contribution in [2.45, 2.75) is 31.7 Å². The summed E-state index contributed by atoms with van der Waals surface area (Å²) in [6.07, 6.45) is 1.67. The molecule has 1 aliphatic rings. The van der Waals surface area contributed by atoms with Gasteiger partial charge in [-0.2, -0.15) is 0 Å². The Hall–Kier alpha value is -1.31. The van der Waals surface area contributed by atoms with E-state index in [2.05, 4.69) is 5.32 Å². The smallest absolute Gasteiger partial charge is 0.317 e. The van der Waals surface area contributed by atoms with Crippen LogP contribution < -0.4 is 5.32 Å². The Bertz CT molecular complexity index is 434. The van der Waals surface area contributed by atoms with Gasteiger partial charge in [-0.15, -0.1) is 0 Å². The molecular weight excluding hydrogens is 272 g/mol. The van der Waals surface area contributed by atoms with Crippen LogP contribution in [-0.4, -0.2) is 61.6 Å². The number of hydrogen-bond acceptors (Lipinski definition) is 4. The topological polar surface area (TPSA) is 104 Å². The van der Waals surface area contributed by atoms with E-state index >= 15 is 0 Å². The molecule has 19 heavy (non-hydrogen) atoms. The Morgan fingerprint density at radius 1 is 1.37 bits per heavy atom. The Morgan fingerprint density at radius 2 is 2.05 bits per heavy atom. The van der Waals surface area contributed by atoms with Crippen LogP contribution >= 0.6 is 0 Å². The van der Waals surface area contributed by atoms with Crippen molar-refractivity contribution in [2.24, 2.45) is 0 Å². The van der Waals surface area contributed by atoms with Gasteiger partial charge in [0.2, 0.25) is 0 Å². The predicted molar refractivity (Wildman–Crippen MR) is 69.7 cm³/mol. The molecule has 1 aliphatic heterocycles. The summed E-state index contributed by atoms with van der Waals surface area (Å²) in [7, 11) is -1.42. The second-order valence-corrected chi connectivity index (χ2v) is 6.98. The number of aliphatic carboxylic acids is 1. The third-order valence-corrected chi connectivity index (χ3v) is 4.92. The summed E-state index contributed by atoms with van der Waals surface area (Å²) >= 11 is 0. The van der Waals surface area contributed by atoms with Gasteiger partial charge in [0.1, 0.15) is 0 Å². The molecule has 0 aromatic rings. The molecule has 0 aromatic carbocycles. The lowest BCUT2D eigenvalue weighted by Crippen LogP contribution is -2.44. The fraction of sp³-hybridized carbons (Fsp3) is 0.818. The van der Waals surface area contributed by atoms with Crippen LogP contribution in [0.15, 0.2) is 0 Å². The van der Waals surface area contributed by atoms with E-state index in [0.717, 1.165) is 0 Å². The summed E-state index contributed by atoms with van der Waals surface area (Å²) in [5.41, 5.74) is 0. The zero-order valence-electron chi connectivity index (χ0n) is 11.0. The zero-order valence-corrected chi connectivity index (χ0v) is 11.8. The van der Waals surface area contributed by atoms with Crippen LogP contribution in [0.5, 0.6) is 0 Å². The molecular formula is C11H20N2O5S. The van der Waals surface area contributed by atoms with Crippen molar-refractivity contribution in [3.63, 3.8) is 0 Å². The summed E-state index contributed by atoms with van der Waals surface area (Å²) < 4.78 is 22.6. The number of hydrogen-bond donors (Lipinski definition) is 2. The number of amides is 2. The minimum Gasteiger partial charge on any atom is -0.481 e. The Labute approximate surface area is 112 Å². The van der Waals surface area contributed by atoms with E-state index in [0.29, 0.717) is 25.8 Å². The number of carbonyl (C=O) groups excluding carboxylic acids is 1. The largest absolute Gasteiger partial charge is 0.481 e. The maximum atomic E-state index is 11.7. The number of rotatable bonds is 6. The van der Waals surface area contributed by atoms with E-state index < -0.39 is 15.8 Å². The Balaban J connectivity index is 2.24. The lowest BCUT2D eigenvalue weighted by atomic mass is 10.2. The second-order valence-electron chi connectivity index (χ2n) is 4.75. The van der Waals surface area contributed by atoms with Gasteiger partial charge in [0.15, 0.2) is 9.84 Å². The summed E-state index contributed by atoms with van der Waals surface area (Å²) in [6, 6.07) is -0.568. The van der Waals surface area contributed by atoms with E-state index in [9.17, 15) is 18.0 Å². The molecule has 1 fully saturated rings. The number of carboxylic acids is 1. The van der Waals surface area contributed by atoms with Crippen LogP contribution in [0, 0.1) is 0 Å². The summed E-state index contributed by atoms with van der Waals surface area (Å²) in [5.74, 6) is -0.691. The second kappa shape index (κ2) is 6.74. The molecule has 2 N–H and O–H groups in total. The highest BCUT2D eigenvalue weighted by Crippen LogP contribution is 2.16. The predicted octanol–water partition coefficient (Wildman–Crippen LogP) is 0.0698. The Kier molecular flexibility index (Phi) is 5.59. The minimum absolute atomic E-state index is 0.0237. The fourth-order valence-electron chi connectivity index (χ4n) is 1.97. The highest BCUT2D eigenvalue weighted by Gasteiger charge is 2.32. The zero-order chi connectivity index (χ0) is 14.5. The molecule has 1 rings (SSSR count). The maximum absolute atomic E-state index is 11.7. The SMILES string of the molecule is CN(C(=O)NCCCCC(=O)O)C1CCS(=O)(=O)C1. The van der Waals surface area contributed by atoms with Crippen molar-refractivity contribution in [3.05, 3.63) is 0 Å². The molecule has 0 spiro atoms. The van der Waals surface area contributed by atoms with Crippen LogP contribution in [0.1, 0.15) is 25.7 Å². The van der Waals surface area contributed by atoms with E-state index in [1.54, 1.807) is 7.05 Å². The lowest BCUT2D eigenvalue weighted by molar-refractivity contribution is -0.137. The molecule has 7 nitrogen and oxygen atoms in total. The van der Waals surface area contributed by atoms with E-state index in [-0.39, 0.29) is 30.0 Å². The molecule has 0 aromatic heterocycles. The van der Waals surface area contributed by atoms with Crippen LogP contribution in [0.4, 0.5) is 4.79 Å². The number of carboxylic acid groups (broad SMARTS) is 1. The monoisotopic (exact) mass is 292 g/mol. The third-order valence-electron chi connectivity index (χ3n) is 3.17. The van der Waals surface area contributed by atoms with Gasteiger partial charge in [-0.1, -0.05) is 0 Å². The molecule has 8 heteroatoms. The highest BCUT2D eigenvalue weighted by atomic mass is 32.2. The molecule has 0 saturated carbocycles. The summed E-state index contributed by atoms with van der Waals surface area (Å²) in [5, 5.41) is 11.1. The molecule has 0 radical (unpaired) electrons. The number of urea groups is 1. The average molecular weight is 292 g/mol. The maximum Gasteiger partial charge on any atom is 0.317 e. The van der Waals surface area contributed by atoms with Crippen LogP contribution in [0.25, 0.3) is 0 Å². The number of sulfone groups is 1. The number of nitrogens with zero attached hydrogens (tertiary/aromatic N) is 1. The standard InChI is InChI=1S/C11H20N2O5S/c1-13(9-5-7-19(17,18)8-9)11(16)12-6-3-2-4-10(14)15/h9H,2-8H2,1H3,(H,12,16)(H,14,15). The van der Waals surface area contributed by atoms with Crippen molar-refractivity contribution in [3.8, 4) is 0 Å². The molecule has 1 heterocycles. The van der Waals surface area contributed by atoms with E-state index in [4.69, 9.17) is 5.11 Å². The first-order valence-corrected chi connectivity index (χ1v) is 8.07. The normalized spacial score (nSPS) is 21.0. The van der Waals surface area contributed by atoms with Crippen LogP contribution in [-0.2, 0) is 14.6 Å². The highest BCUT2D eigenvalue weighted by molar-refractivity contribution is 7.91. The van der Waals surface area contributed by atoms with Gasteiger partial charge in [-0.25, -0.2) is 13.2 Å². The number of carbonyl (C=O) groups is 2. The summed E-state index contributed by atoms with van der Waals surface area (Å²) in [4.78, 5) is 23.4. The number of unbranched alkanes of at least 4 members (excludes halogenated alkanes) is 1. The van der Waals surface area contributed by atoms with Crippen LogP contribution in [0.3, 0.4) is 0 Å². The summed E-state index contributed by atoms with van der Waals surface area (Å²) in [6.45, 7) is 0.399. The molecule has 1 atom stereocenters. The van der Waals surface area contributed by atoms with Crippen molar-refractivity contribution < 1.29 is 23.1 Å². The van der Waals surface area contributed by atoms with Crippen molar-refractivity contribution >= 4 is 21.8 Å². The van der Waals surface area contributed by atoms with Gasteiger partial charge in [-0.3, -0.25) is 4.79 Å². The lowest BCUT2D eigenvalue weighted by Gasteiger charge is -2.23. The first-order valence-electron chi connectivity index (χ1n) is 6.25. The van der Waals surface area contributed by atoms with Crippen molar-refractivity contribution in [1.82, 2.24) is 10.2 Å². The molecule has 1 unspecified atom stereocenters. The molecule has 2 amide bonds. The van der Waals surface area contributed by atoms with Crippen LogP contribution in [0.2, 0.25) is 0 Å². The molecule has 0 bridgehead atoms. The van der Waals surface area contributed by atoms with Gasteiger partial charge in [0.05, 0.1) is 11.5 Å². The first kappa shape index (κ1) is 15.7. The number of nitrogens with one attached hydrogen (secondary N) is 1. The van der Waals surface area contributed by atoms with Gasteiger partial charge in [-0.05, 0) is 19.3 Å². The van der Waals surface area contributed by atoms with Crippen molar-refractivity contribution in [1.29, 1.82) is 0 Å². The third kappa shape index (κ3) is 5.46. The molecule has 0 aliphatic carbocycles. The van der Waals surface area contributed by atoms with Gasteiger partial charge in [0.25, 0.3) is 0 Å². The van der Waals surface area contributed by atoms with E-state index in [1.165, 1.54) is 4.90 Å². The van der Waals surface area contributed by atoms with Gasteiger partial charge in [0, 0.05) is 26.1 Å². The molecule has 110 valence electrons. The minimum atomic E-state index is -3.00. The average Bonchev–Trinajstić information content (AvgIpc) is 2.67. The molecule has 1 saturated heterocycles.